The Morgan fingerprint density at radius 3 is 3.14 bits per heavy atom. The summed E-state index contributed by atoms with van der Waals surface area (Å²) >= 11 is 3.79. The lowest BCUT2D eigenvalue weighted by molar-refractivity contribution is 0.102. The molecule has 2 aliphatic heterocycles. The van der Waals surface area contributed by atoms with Gasteiger partial charge in [0, 0.05) is 30.7 Å². The molecule has 2 atom stereocenters. The molecule has 0 bridgehead atoms. The first-order valence-electron chi connectivity index (χ1n) is 7.54. The third-order valence-corrected chi connectivity index (χ3v) is 5.24. The minimum Gasteiger partial charge on any atom is -0.378 e. The van der Waals surface area contributed by atoms with Crippen molar-refractivity contribution in [1.29, 1.82) is 0 Å². The normalized spacial score (nSPS) is 22.9. The predicted octanol–water partition coefficient (Wildman–Crippen LogP) is 4.06. The summed E-state index contributed by atoms with van der Waals surface area (Å²) in [4.78, 5) is 13.7. The zero-order valence-electron chi connectivity index (χ0n) is 12.3. The Kier molecular flexibility index (Phi) is 4.50. The van der Waals surface area contributed by atoms with Gasteiger partial charge in [0.05, 0.1) is 6.10 Å². The third-order valence-electron chi connectivity index (χ3n) is 4.25. The number of hydrogen-bond donors (Lipinski definition) is 1. The maximum Gasteiger partial charge on any atom is 0.321 e. The molecule has 1 aromatic rings. The second kappa shape index (κ2) is 6.36. The first kappa shape index (κ1) is 14.9. The van der Waals surface area contributed by atoms with E-state index >= 15 is 0 Å². The number of rotatable bonds is 4. The number of fused-ring (bicyclic) bond motifs is 1. The summed E-state index contributed by atoms with van der Waals surface area (Å²) in [6.45, 7) is 1.59. The lowest BCUT2D eigenvalue weighted by Crippen LogP contribution is -2.35. The van der Waals surface area contributed by atoms with Gasteiger partial charge in [-0.1, -0.05) is 28.1 Å². The van der Waals surface area contributed by atoms with Crippen molar-refractivity contribution in [2.75, 3.05) is 19.0 Å². The SMILES string of the molecule is CN1Cc2cc(C(Br)CCC3CCCO3)ccc2NC1=O. The van der Waals surface area contributed by atoms with Gasteiger partial charge in [-0.2, -0.15) is 0 Å². The van der Waals surface area contributed by atoms with Gasteiger partial charge in [-0.05, 0) is 42.9 Å². The molecule has 5 heteroatoms. The molecule has 2 unspecified atom stereocenters. The summed E-state index contributed by atoms with van der Waals surface area (Å²) in [5.74, 6) is 0. The highest BCUT2D eigenvalue weighted by molar-refractivity contribution is 9.09. The molecule has 0 aliphatic carbocycles. The van der Waals surface area contributed by atoms with Crippen molar-refractivity contribution in [3.05, 3.63) is 29.3 Å². The van der Waals surface area contributed by atoms with Crippen molar-refractivity contribution >= 4 is 27.6 Å². The fourth-order valence-electron chi connectivity index (χ4n) is 2.97. The molecular weight excluding hydrogens is 332 g/mol. The quantitative estimate of drug-likeness (QED) is 0.830. The number of alkyl halides is 1. The molecule has 3 rings (SSSR count). The zero-order chi connectivity index (χ0) is 14.8. The molecule has 114 valence electrons. The van der Waals surface area contributed by atoms with Crippen molar-refractivity contribution in [3.63, 3.8) is 0 Å². The summed E-state index contributed by atoms with van der Waals surface area (Å²) < 4.78 is 5.68. The van der Waals surface area contributed by atoms with Crippen LogP contribution in [0.15, 0.2) is 18.2 Å². The van der Waals surface area contributed by atoms with E-state index in [1.54, 1.807) is 4.90 Å². The maximum absolute atomic E-state index is 11.6. The number of carbonyl (C=O) groups excluding carboxylic acids is 1. The van der Waals surface area contributed by atoms with Gasteiger partial charge < -0.3 is 15.0 Å². The number of benzene rings is 1. The Morgan fingerprint density at radius 2 is 2.38 bits per heavy atom. The Balaban J connectivity index is 1.65. The van der Waals surface area contributed by atoms with Crippen LogP contribution in [-0.4, -0.2) is 30.7 Å². The van der Waals surface area contributed by atoms with E-state index in [1.165, 1.54) is 24.0 Å². The zero-order valence-corrected chi connectivity index (χ0v) is 13.9. The van der Waals surface area contributed by atoms with E-state index in [0.717, 1.165) is 25.1 Å². The smallest absolute Gasteiger partial charge is 0.321 e. The molecule has 2 aliphatic rings. The molecule has 21 heavy (non-hydrogen) atoms. The largest absolute Gasteiger partial charge is 0.378 e. The van der Waals surface area contributed by atoms with Crippen molar-refractivity contribution in [3.8, 4) is 0 Å². The Morgan fingerprint density at radius 1 is 1.52 bits per heavy atom. The molecule has 0 spiro atoms. The summed E-state index contributed by atoms with van der Waals surface area (Å²) in [6.07, 6.45) is 5.01. The van der Waals surface area contributed by atoms with Crippen LogP contribution in [0.1, 0.15) is 41.6 Å². The van der Waals surface area contributed by atoms with Crippen LogP contribution < -0.4 is 5.32 Å². The van der Waals surface area contributed by atoms with E-state index in [0.29, 0.717) is 17.5 Å². The lowest BCUT2D eigenvalue weighted by Gasteiger charge is -2.27. The third kappa shape index (κ3) is 3.40. The van der Waals surface area contributed by atoms with Crippen LogP contribution in [0, 0.1) is 0 Å². The van der Waals surface area contributed by atoms with Gasteiger partial charge in [0.2, 0.25) is 0 Å². The highest BCUT2D eigenvalue weighted by Gasteiger charge is 2.21. The number of carbonyl (C=O) groups is 1. The average molecular weight is 353 g/mol. The number of hydrogen-bond acceptors (Lipinski definition) is 2. The van der Waals surface area contributed by atoms with Crippen molar-refractivity contribution < 1.29 is 9.53 Å². The van der Waals surface area contributed by atoms with Gasteiger partial charge in [0.1, 0.15) is 0 Å². The molecule has 1 aromatic carbocycles. The molecule has 0 aromatic heterocycles. The van der Waals surface area contributed by atoms with Crippen LogP contribution >= 0.6 is 15.9 Å². The predicted molar refractivity (Wildman–Crippen MR) is 86.8 cm³/mol. The molecule has 0 radical (unpaired) electrons. The molecule has 2 heterocycles. The monoisotopic (exact) mass is 352 g/mol. The summed E-state index contributed by atoms with van der Waals surface area (Å²) in [6, 6.07) is 6.26. The molecule has 1 saturated heterocycles. The Bertz CT molecular complexity index is 529. The first-order chi connectivity index (χ1) is 10.1. The van der Waals surface area contributed by atoms with Crippen LogP contribution in [0.3, 0.4) is 0 Å². The van der Waals surface area contributed by atoms with Crippen LogP contribution in [0.25, 0.3) is 0 Å². The standard InChI is InChI=1S/C16H21BrN2O2/c1-19-10-12-9-11(4-7-15(12)18-16(19)20)14(17)6-5-13-3-2-8-21-13/h4,7,9,13-14H,2-3,5-6,8,10H2,1H3,(H,18,20). The number of amides is 2. The number of anilines is 1. The summed E-state index contributed by atoms with van der Waals surface area (Å²) in [5.41, 5.74) is 3.38. The Hall–Kier alpha value is -1.07. The summed E-state index contributed by atoms with van der Waals surface area (Å²) in [5, 5.41) is 2.90. The second-order valence-electron chi connectivity index (χ2n) is 5.88. The fraction of sp³-hybridized carbons (Fsp3) is 0.562. The fourth-order valence-corrected chi connectivity index (χ4v) is 3.52. The topological polar surface area (TPSA) is 41.6 Å². The van der Waals surface area contributed by atoms with E-state index in [9.17, 15) is 4.79 Å². The van der Waals surface area contributed by atoms with Gasteiger partial charge in [0.15, 0.2) is 0 Å². The van der Waals surface area contributed by atoms with E-state index in [1.807, 2.05) is 13.1 Å². The first-order valence-corrected chi connectivity index (χ1v) is 8.45. The van der Waals surface area contributed by atoms with Crippen LogP contribution in [0.4, 0.5) is 10.5 Å². The molecular formula is C16H21BrN2O2. The van der Waals surface area contributed by atoms with Gasteiger partial charge in [0.25, 0.3) is 0 Å². The maximum atomic E-state index is 11.6. The van der Waals surface area contributed by atoms with Gasteiger partial charge >= 0.3 is 6.03 Å². The van der Waals surface area contributed by atoms with E-state index < -0.39 is 0 Å². The van der Waals surface area contributed by atoms with E-state index in [4.69, 9.17) is 4.74 Å². The number of nitrogens with zero attached hydrogens (tertiary/aromatic N) is 1. The molecule has 2 amide bonds. The van der Waals surface area contributed by atoms with Crippen LogP contribution in [0.5, 0.6) is 0 Å². The lowest BCUT2D eigenvalue weighted by atomic mass is 10.0. The van der Waals surface area contributed by atoms with Crippen LogP contribution in [-0.2, 0) is 11.3 Å². The highest BCUT2D eigenvalue weighted by Crippen LogP contribution is 2.33. The molecule has 0 saturated carbocycles. The number of nitrogens with one attached hydrogen (secondary N) is 1. The van der Waals surface area contributed by atoms with Crippen molar-refractivity contribution in [2.45, 2.75) is 43.2 Å². The van der Waals surface area contributed by atoms with Gasteiger partial charge in [-0.25, -0.2) is 4.79 Å². The molecule has 1 fully saturated rings. The van der Waals surface area contributed by atoms with Gasteiger partial charge in [-0.3, -0.25) is 0 Å². The summed E-state index contributed by atoms with van der Waals surface area (Å²) in [7, 11) is 1.81. The highest BCUT2D eigenvalue weighted by atomic mass is 79.9. The van der Waals surface area contributed by atoms with Crippen molar-refractivity contribution in [1.82, 2.24) is 4.90 Å². The van der Waals surface area contributed by atoms with Crippen LogP contribution in [0.2, 0.25) is 0 Å². The molecule has 4 nitrogen and oxygen atoms in total. The second-order valence-corrected chi connectivity index (χ2v) is 6.99. The molecule has 1 N–H and O–H groups in total. The Labute approximate surface area is 134 Å². The van der Waals surface area contributed by atoms with Crippen molar-refractivity contribution in [2.24, 2.45) is 0 Å². The average Bonchev–Trinajstić information content (AvgIpc) is 2.99. The number of ether oxygens (including phenoxy) is 1. The van der Waals surface area contributed by atoms with E-state index in [2.05, 4.69) is 33.4 Å². The van der Waals surface area contributed by atoms with Gasteiger partial charge in [-0.15, -0.1) is 0 Å². The number of halogens is 1. The van der Waals surface area contributed by atoms with E-state index in [-0.39, 0.29) is 6.03 Å². The minimum absolute atomic E-state index is 0.0379. The minimum atomic E-state index is -0.0379. The number of urea groups is 1.